The van der Waals surface area contributed by atoms with Crippen LogP contribution in [0.1, 0.15) is 11.1 Å². The Hall–Kier alpha value is -3.41. The minimum absolute atomic E-state index is 0.0228. The van der Waals surface area contributed by atoms with Gasteiger partial charge in [0.25, 0.3) is 0 Å². The first kappa shape index (κ1) is 15.5. The Labute approximate surface area is 134 Å². The number of hydrogen-bond donors (Lipinski definition) is 1. The van der Waals surface area contributed by atoms with Crippen LogP contribution in [0.4, 0.5) is 19.0 Å². The van der Waals surface area contributed by atoms with Crippen molar-refractivity contribution < 1.29 is 13.2 Å². The average molecular weight is 330 g/mol. The fourth-order valence-electron chi connectivity index (χ4n) is 2.16. The maximum Gasteiger partial charge on any atom is 0.416 e. The number of rotatable bonds is 2. The third-order valence-electron chi connectivity index (χ3n) is 3.26. The Kier molecular flexibility index (Phi) is 3.65. The van der Waals surface area contributed by atoms with Crippen LogP contribution in [0.2, 0.25) is 0 Å². The van der Waals surface area contributed by atoms with Crippen molar-refractivity contribution in [1.82, 2.24) is 19.7 Å². The van der Waals surface area contributed by atoms with Crippen molar-refractivity contribution in [3.63, 3.8) is 0 Å². The molecule has 2 N–H and O–H groups in total. The molecule has 1 aromatic carbocycles. The molecular formula is C15H9F3N6. The van der Waals surface area contributed by atoms with Gasteiger partial charge in [-0.25, -0.2) is 4.98 Å². The minimum Gasteiger partial charge on any atom is -0.382 e. The molecule has 0 saturated heterocycles. The van der Waals surface area contributed by atoms with E-state index in [1.165, 1.54) is 35.4 Å². The number of nitriles is 1. The fraction of sp³-hybridized carbons (Fsp3) is 0.0667. The standard InChI is InChI=1S/C15H9F3N6/c16-15(17,18)10-3-1-2-9(6-10)13-11(7-19)14(20)24(23-13)12-8-21-4-5-22-12/h1-6,8H,20H2. The average Bonchev–Trinajstić information content (AvgIpc) is 2.91. The summed E-state index contributed by atoms with van der Waals surface area (Å²) in [6.45, 7) is 0. The lowest BCUT2D eigenvalue weighted by Gasteiger charge is -2.07. The molecule has 0 amide bonds. The van der Waals surface area contributed by atoms with Crippen molar-refractivity contribution >= 4 is 5.82 Å². The van der Waals surface area contributed by atoms with Crippen LogP contribution in [0.3, 0.4) is 0 Å². The van der Waals surface area contributed by atoms with E-state index in [0.717, 1.165) is 12.1 Å². The van der Waals surface area contributed by atoms with Gasteiger partial charge in [-0.1, -0.05) is 12.1 Å². The molecule has 0 saturated carbocycles. The molecule has 0 unspecified atom stereocenters. The summed E-state index contributed by atoms with van der Waals surface area (Å²) < 4.78 is 39.8. The van der Waals surface area contributed by atoms with Gasteiger partial charge in [-0.05, 0) is 12.1 Å². The van der Waals surface area contributed by atoms with Gasteiger partial charge in [-0.2, -0.15) is 28.2 Å². The molecule has 3 rings (SSSR count). The Balaban J connectivity index is 2.18. The zero-order chi connectivity index (χ0) is 17.3. The van der Waals surface area contributed by atoms with E-state index in [-0.39, 0.29) is 28.5 Å². The van der Waals surface area contributed by atoms with Crippen LogP contribution < -0.4 is 5.73 Å². The number of nitrogens with zero attached hydrogens (tertiary/aromatic N) is 5. The van der Waals surface area contributed by atoms with Gasteiger partial charge >= 0.3 is 6.18 Å². The highest BCUT2D eigenvalue weighted by Gasteiger charge is 2.31. The van der Waals surface area contributed by atoms with Gasteiger partial charge in [-0.3, -0.25) is 4.98 Å². The molecule has 0 radical (unpaired) electrons. The molecule has 0 aliphatic carbocycles. The summed E-state index contributed by atoms with van der Waals surface area (Å²) in [7, 11) is 0. The molecule has 0 atom stereocenters. The maximum absolute atomic E-state index is 12.9. The summed E-state index contributed by atoms with van der Waals surface area (Å²) in [4.78, 5) is 7.89. The quantitative estimate of drug-likeness (QED) is 0.780. The second-order valence-corrected chi connectivity index (χ2v) is 4.77. The summed E-state index contributed by atoms with van der Waals surface area (Å²) in [6.07, 6.45) is -0.267. The Morgan fingerprint density at radius 3 is 2.62 bits per heavy atom. The predicted octanol–water partition coefficient (Wildman–Crippen LogP) is 2.80. The SMILES string of the molecule is N#Cc1c(-c2cccc(C(F)(F)F)c2)nn(-c2cnccn2)c1N. The Morgan fingerprint density at radius 1 is 1.21 bits per heavy atom. The first-order chi connectivity index (χ1) is 11.4. The van der Waals surface area contributed by atoms with Crippen molar-refractivity contribution in [2.45, 2.75) is 6.18 Å². The van der Waals surface area contributed by atoms with Crippen molar-refractivity contribution in [3.05, 3.63) is 54.0 Å². The minimum atomic E-state index is -4.50. The predicted molar refractivity (Wildman–Crippen MR) is 78.7 cm³/mol. The van der Waals surface area contributed by atoms with Gasteiger partial charge in [0.2, 0.25) is 0 Å². The number of benzene rings is 1. The number of alkyl halides is 3. The van der Waals surface area contributed by atoms with Crippen molar-refractivity contribution in [3.8, 4) is 23.1 Å². The number of anilines is 1. The molecule has 120 valence electrons. The van der Waals surface area contributed by atoms with Gasteiger partial charge in [0.15, 0.2) is 5.82 Å². The highest BCUT2D eigenvalue weighted by atomic mass is 19.4. The molecule has 2 heterocycles. The summed E-state index contributed by atoms with van der Waals surface area (Å²) >= 11 is 0. The Bertz CT molecular complexity index is 925. The summed E-state index contributed by atoms with van der Waals surface area (Å²) in [5, 5.41) is 13.5. The Morgan fingerprint density at radius 2 is 2.00 bits per heavy atom. The molecule has 0 spiro atoms. The molecule has 2 aromatic heterocycles. The van der Waals surface area contributed by atoms with Crippen LogP contribution in [0.5, 0.6) is 0 Å². The summed E-state index contributed by atoms with van der Waals surface area (Å²) in [5.74, 6) is 0.232. The van der Waals surface area contributed by atoms with E-state index in [4.69, 9.17) is 5.73 Å². The normalized spacial score (nSPS) is 11.2. The molecule has 24 heavy (non-hydrogen) atoms. The van der Waals surface area contributed by atoms with E-state index in [1.54, 1.807) is 0 Å². The first-order valence-electron chi connectivity index (χ1n) is 6.64. The topological polar surface area (TPSA) is 93.4 Å². The van der Waals surface area contributed by atoms with E-state index in [0.29, 0.717) is 0 Å². The number of hydrogen-bond acceptors (Lipinski definition) is 5. The van der Waals surface area contributed by atoms with Gasteiger partial charge in [0.05, 0.1) is 11.8 Å². The van der Waals surface area contributed by atoms with Crippen molar-refractivity contribution in [2.24, 2.45) is 0 Å². The first-order valence-corrected chi connectivity index (χ1v) is 6.64. The van der Waals surface area contributed by atoms with Gasteiger partial charge < -0.3 is 5.73 Å². The molecule has 0 fully saturated rings. The second-order valence-electron chi connectivity index (χ2n) is 4.77. The highest BCUT2D eigenvalue weighted by molar-refractivity contribution is 5.74. The largest absolute Gasteiger partial charge is 0.416 e. The molecule has 0 aliphatic heterocycles. The van der Waals surface area contributed by atoms with Crippen LogP contribution in [0.15, 0.2) is 42.9 Å². The van der Waals surface area contributed by atoms with Crippen LogP contribution in [-0.2, 0) is 6.18 Å². The van der Waals surface area contributed by atoms with E-state index in [1.807, 2.05) is 6.07 Å². The maximum atomic E-state index is 12.9. The fourth-order valence-corrected chi connectivity index (χ4v) is 2.16. The van der Waals surface area contributed by atoms with Crippen molar-refractivity contribution in [2.75, 3.05) is 5.73 Å². The number of halogens is 3. The van der Waals surface area contributed by atoms with E-state index in [2.05, 4.69) is 15.1 Å². The smallest absolute Gasteiger partial charge is 0.382 e. The lowest BCUT2D eigenvalue weighted by Crippen LogP contribution is -2.05. The lowest BCUT2D eigenvalue weighted by atomic mass is 10.1. The number of aromatic nitrogens is 4. The van der Waals surface area contributed by atoms with Crippen LogP contribution in [-0.4, -0.2) is 19.7 Å². The molecule has 6 nitrogen and oxygen atoms in total. The second kappa shape index (κ2) is 5.66. The molecular weight excluding hydrogens is 321 g/mol. The van der Waals surface area contributed by atoms with E-state index >= 15 is 0 Å². The third-order valence-corrected chi connectivity index (χ3v) is 3.26. The molecule has 0 aliphatic rings. The summed E-state index contributed by atoms with van der Waals surface area (Å²) in [5.41, 5.74) is 5.21. The number of nitrogens with two attached hydrogens (primary N) is 1. The third kappa shape index (κ3) is 2.65. The molecule has 3 aromatic rings. The zero-order valence-electron chi connectivity index (χ0n) is 12.0. The highest BCUT2D eigenvalue weighted by Crippen LogP contribution is 2.34. The summed E-state index contributed by atoms with van der Waals surface area (Å²) in [6, 6.07) is 6.41. The number of nitrogen functional groups attached to an aromatic ring is 1. The van der Waals surface area contributed by atoms with E-state index in [9.17, 15) is 18.4 Å². The van der Waals surface area contributed by atoms with Gasteiger partial charge in [0.1, 0.15) is 23.1 Å². The van der Waals surface area contributed by atoms with Crippen LogP contribution in [0, 0.1) is 11.3 Å². The van der Waals surface area contributed by atoms with E-state index < -0.39 is 11.7 Å². The zero-order valence-corrected chi connectivity index (χ0v) is 12.0. The van der Waals surface area contributed by atoms with Crippen LogP contribution in [0.25, 0.3) is 17.1 Å². The van der Waals surface area contributed by atoms with Gasteiger partial charge in [-0.15, -0.1) is 0 Å². The van der Waals surface area contributed by atoms with Gasteiger partial charge in [0, 0.05) is 18.0 Å². The molecule has 9 heteroatoms. The lowest BCUT2D eigenvalue weighted by molar-refractivity contribution is -0.137. The molecule has 0 bridgehead atoms. The monoisotopic (exact) mass is 330 g/mol. The van der Waals surface area contributed by atoms with Crippen LogP contribution >= 0.6 is 0 Å². The van der Waals surface area contributed by atoms with Crippen molar-refractivity contribution in [1.29, 1.82) is 5.26 Å².